The van der Waals surface area contributed by atoms with E-state index in [4.69, 9.17) is 0 Å². The first kappa shape index (κ1) is 11.8. The van der Waals surface area contributed by atoms with Crippen LogP contribution in [0.3, 0.4) is 0 Å². The fourth-order valence-corrected chi connectivity index (χ4v) is 1.27. The van der Waals surface area contributed by atoms with Crippen LogP contribution in [-0.2, 0) is 0 Å². The van der Waals surface area contributed by atoms with E-state index in [1.165, 1.54) is 12.5 Å². The number of rotatable bonds is 4. The van der Waals surface area contributed by atoms with E-state index in [1.54, 1.807) is 30.8 Å². The maximum Gasteiger partial charge on any atom is 0.163 e. The van der Waals surface area contributed by atoms with Crippen molar-refractivity contribution in [3.63, 3.8) is 0 Å². The van der Waals surface area contributed by atoms with Gasteiger partial charge in [-0.2, -0.15) is 0 Å². The van der Waals surface area contributed by atoms with E-state index in [0.29, 0.717) is 11.6 Å². The molecule has 0 amide bonds. The highest BCUT2D eigenvalue weighted by atomic mass is 15.0. The predicted octanol–water partition coefficient (Wildman–Crippen LogP) is 2.16. The summed E-state index contributed by atoms with van der Waals surface area (Å²) >= 11 is 0. The summed E-state index contributed by atoms with van der Waals surface area (Å²) in [4.78, 5) is 20.3. The zero-order chi connectivity index (χ0) is 12.6. The fraction of sp³-hybridized carbons (Fsp3) is 0. The average Bonchev–Trinajstić information content (AvgIpc) is 2.45. The maximum absolute atomic E-state index is 4.32. The lowest BCUT2D eigenvalue weighted by molar-refractivity contribution is 1.03. The topological polar surface area (TPSA) is 63.9 Å². The van der Waals surface area contributed by atoms with Gasteiger partial charge in [-0.1, -0.05) is 6.58 Å². The first-order valence-corrected chi connectivity index (χ1v) is 5.30. The second-order valence-electron chi connectivity index (χ2n) is 3.24. The molecule has 2 aromatic rings. The van der Waals surface area contributed by atoms with Gasteiger partial charge in [0, 0.05) is 30.4 Å². The molecule has 5 heteroatoms. The zero-order valence-corrected chi connectivity index (χ0v) is 9.64. The van der Waals surface area contributed by atoms with Gasteiger partial charge in [-0.25, -0.2) is 15.0 Å². The lowest BCUT2D eigenvalue weighted by Gasteiger charge is -1.98. The molecule has 0 saturated carbocycles. The van der Waals surface area contributed by atoms with Crippen LogP contribution in [0.25, 0.3) is 17.5 Å². The van der Waals surface area contributed by atoms with Crippen LogP contribution in [0.2, 0.25) is 0 Å². The molecule has 0 aliphatic rings. The van der Waals surface area contributed by atoms with Gasteiger partial charge in [0.2, 0.25) is 0 Å². The Hall–Kier alpha value is -2.69. The van der Waals surface area contributed by atoms with Crippen molar-refractivity contribution in [2.45, 2.75) is 0 Å². The van der Waals surface area contributed by atoms with Gasteiger partial charge in [0.15, 0.2) is 11.6 Å². The molecule has 0 aliphatic carbocycles. The molecule has 0 unspecified atom stereocenters. The van der Waals surface area contributed by atoms with Crippen LogP contribution < -0.4 is 0 Å². The first-order chi connectivity index (χ1) is 8.90. The summed E-state index contributed by atoms with van der Waals surface area (Å²) < 4.78 is 0. The van der Waals surface area contributed by atoms with E-state index in [1.807, 2.05) is 12.1 Å². The van der Waals surface area contributed by atoms with Crippen molar-refractivity contribution in [3.05, 3.63) is 55.5 Å². The maximum atomic E-state index is 4.32. The van der Waals surface area contributed by atoms with Gasteiger partial charge in [0.05, 0.1) is 0 Å². The Morgan fingerprint density at radius 2 is 2.00 bits per heavy atom. The molecule has 5 nitrogen and oxygen atoms in total. The Balaban J connectivity index is 2.23. The second kappa shape index (κ2) is 6.15. The van der Waals surface area contributed by atoms with Gasteiger partial charge in [-0.05, 0) is 24.3 Å². The highest BCUT2D eigenvalue weighted by Gasteiger charge is 2.00. The van der Waals surface area contributed by atoms with Crippen LogP contribution in [0, 0.1) is 0 Å². The van der Waals surface area contributed by atoms with Crippen molar-refractivity contribution in [2.75, 3.05) is 0 Å². The van der Waals surface area contributed by atoms with Crippen LogP contribution in [0.15, 0.2) is 54.7 Å². The first-order valence-electron chi connectivity index (χ1n) is 5.30. The molecule has 0 bridgehead atoms. The quantitative estimate of drug-likeness (QED) is 0.764. The van der Waals surface area contributed by atoms with E-state index < -0.39 is 0 Å². The standard InChI is InChI=1S/C13H11N5/c1-2-14-7-3-4-12-16-10-17-13(18-12)11-5-8-15-9-6-11/h2-10H,1H2/b4-3+,14-7?. The molecular formula is C13H11N5. The van der Waals surface area contributed by atoms with Crippen LogP contribution in [-0.4, -0.2) is 26.2 Å². The molecule has 0 aromatic carbocycles. The minimum absolute atomic E-state index is 0.576. The minimum Gasteiger partial charge on any atom is -0.265 e. The molecule has 88 valence electrons. The van der Waals surface area contributed by atoms with Crippen LogP contribution in [0.1, 0.15) is 5.82 Å². The summed E-state index contributed by atoms with van der Waals surface area (Å²) in [5, 5.41) is 0. The molecule has 2 aromatic heterocycles. The SMILES string of the molecule is C=CN=C/C=C/c1ncnc(-c2ccncc2)n1. The summed E-state index contributed by atoms with van der Waals surface area (Å²) in [6.07, 6.45) is 11.4. The monoisotopic (exact) mass is 237 g/mol. The third-order valence-electron chi connectivity index (χ3n) is 2.05. The van der Waals surface area contributed by atoms with Crippen LogP contribution >= 0.6 is 0 Å². The smallest absolute Gasteiger partial charge is 0.163 e. The second-order valence-corrected chi connectivity index (χ2v) is 3.24. The van der Waals surface area contributed by atoms with Gasteiger partial charge in [0.25, 0.3) is 0 Å². The summed E-state index contributed by atoms with van der Waals surface area (Å²) in [5.74, 6) is 1.19. The number of allylic oxidation sites excluding steroid dienone is 1. The van der Waals surface area contributed by atoms with Crippen molar-refractivity contribution in [2.24, 2.45) is 4.99 Å². The Kier molecular flexibility index (Phi) is 4.02. The van der Waals surface area contributed by atoms with Gasteiger partial charge >= 0.3 is 0 Å². The van der Waals surface area contributed by atoms with Gasteiger partial charge in [0.1, 0.15) is 6.33 Å². The number of hydrogen-bond donors (Lipinski definition) is 0. The molecule has 18 heavy (non-hydrogen) atoms. The molecule has 0 atom stereocenters. The number of nitrogens with zero attached hydrogens (tertiary/aromatic N) is 5. The Labute approximate surface area is 105 Å². The van der Waals surface area contributed by atoms with E-state index >= 15 is 0 Å². The molecule has 0 aliphatic heterocycles. The third-order valence-corrected chi connectivity index (χ3v) is 2.05. The molecule has 2 heterocycles. The normalized spacial score (nSPS) is 11.1. The Morgan fingerprint density at radius 1 is 1.17 bits per heavy atom. The third kappa shape index (κ3) is 3.15. The molecule has 0 radical (unpaired) electrons. The van der Waals surface area contributed by atoms with Gasteiger partial charge in [-0.15, -0.1) is 0 Å². The summed E-state index contributed by atoms with van der Waals surface area (Å²) in [7, 11) is 0. The van der Waals surface area contributed by atoms with Crippen molar-refractivity contribution in [1.82, 2.24) is 19.9 Å². The fourth-order valence-electron chi connectivity index (χ4n) is 1.27. The van der Waals surface area contributed by atoms with Crippen molar-refractivity contribution >= 4 is 12.3 Å². The van der Waals surface area contributed by atoms with E-state index in [0.717, 1.165) is 5.56 Å². The lowest BCUT2D eigenvalue weighted by atomic mass is 10.2. The van der Waals surface area contributed by atoms with E-state index in [2.05, 4.69) is 31.5 Å². The van der Waals surface area contributed by atoms with E-state index in [9.17, 15) is 0 Å². The molecule has 0 spiro atoms. The molecule has 2 rings (SSSR count). The van der Waals surface area contributed by atoms with Crippen molar-refractivity contribution < 1.29 is 0 Å². The highest BCUT2D eigenvalue weighted by molar-refractivity contribution is 5.77. The zero-order valence-electron chi connectivity index (χ0n) is 9.64. The van der Waals surface area contributed by atoms with Crippen molar-refractivity contribution in [3.8, 4) is 11.4 Å². The molecule has 0 fully saturated rings. The van der Waals surface area contributed by atoms with Crippen LogP contribution in [0.5, 0.6) is 0 Å². The Bertz CT molecular complexity index is 575. The molecule has 0 N–H and O–H groups in total. The summed E-state index contributed by atoms with van der Waals surface area (Å²) in [5.41, 5.74) is 0.904. The number of aliphatic imine (C=N–C) groups is 1. The summed E-state index contributed by atoms with van der Waals surface area (Å²) in [6, 6.07) is 3.70. The Morgan fingerprint density at radius 3 is 2.78 bits per heavy atom. The average molecular weight is 237 g/mol. The van der Waals surface area contributed by atoms with Gasteiger partial charge in [-0.3, -0.25) is 9.98 Å². The van der Waals surface area contributed by atoms with E-state index in [-0.39, 0.29) is 0 Å². The molecular weight excluding hydrogens is 226 g/mol. The van der Waals surface area contributed by atoms with Gasteiger partial charge < -0.3 is 0 Å². The number of hydrogen-bond acceptors (Lipinski definition) is 5. The predicted molar refractivity (Wildman–Crippen MR) is 70.8 cm³/mol. The number of aromatic nitrogens is 4. The summed E-state index contributed by atoms with van der Waals surface area (Å²) in [6.45, 7) is 3.48. The molecule has 0 saturated heterocycles. The number of pyridine rings is 1. The minimum atomic E-state index is 0.576. The highest BCUT2D eigenvalue weighted by Crippen LogP contribution is 2.11. The lowest BCUT2D eigenvalue weighted by Crippen LogP contribution is -1.94. The van der Waals surface area contributed by atoms with Crippen LogP contribution in [0.4, 0.5) is 0 Å². The van der Waals surface area contributed by atoms with Crippen molar-refractivity contribution in [1.29, 1.82) is 0 Å². The largest absolute Gasteiger partial charge is 0.265 e.